The van der Waals surface area contributed by atoms with Crippen molar-refractivity contribution >= 4 is 0 Å². The molecule has 0 aromatic carbocycles. The standard InChI is InChI=1S/18C5H5N/c18*1-2-4-6-5-3-1/h18*1-5H. The van der Waals surface area contributed by atoms with Gasteiger partial charge in [0.2, 0.25) is 0 Å². The van der Waals surface area contributed by atoms with E-state index >= 15 is 0 Å². The van der Waals surface area contributed by atoms with Crippen LogP contribution in [0.3, 0.4) is 0 Å². The summed E-state index contributed by atoms with van der Waals surface area (Å²) in [6.07, 6.45) is 63.0. The number of hydrogen-bond donors (Lipinski definition) is 0. The first-order valence-electron chi connectivity index (χ1n) is 33.3. The van der Waals surface area contributed by atoms with Crippen LogP contribution in [0.15, 0.2) is 551 Å². The van der Waals surface area contributed by atoms with E-state index in [2.05, 4.69) is 89.7 Å². The highest BCUT2D eigenvalue weighted by Crippen LogP contribution is 1.83. The van der Waals surface area contributed by atoms with Crippen molar-refractivity contribution in [3.05, 3.63) is 551 Å². The van der Waals surface area contributed by atoms with Gasteiger partial charge in [0.15, 0.2) is 0 Å². The van der Waals surface area contributed by atoms with Gasteiger partial charge in [0.05, 0.1) is 0 Å². The van der Waals surface area contributed by atoms with Gasteiger partial charge in [-0.3, -0.25) is 89.7 Å². The summed E-state index contributed by atoms with van der Waals surface area (Å²) in [6, 6.07) is 103. The first kappa shape index (κ1) is 90.7. The molecule has 0 unspecified atom stereocenters. The minimum Gasteiger partial charge on any atom is -0.265 e. The van der Waals surface area contributed by atoms with Crippen molar-refractivity contribution in [1.82, 2.24) is 89.7 Å². The van der Waals surface area contributed by atoms with Crippen molar-refractivity contribution in [3.8, 4) is 0 Å². The quantitative estimate of drug-likeness (QED) is 0.137. The summed E-state index contributed by atoms with van der Waals surface area (Å²) in [4.78, 5) is 68.1. The molecule has 0 N–H and O–H groups in total. The molecular weight excluding hydrogens is 1330 g/mol. The molecule has 18 aromatic heterocycles. The highest BCUT2D eigenvalue weighted by molar-refractivity contribution is 4.97. The second kappa shape index (κ2) is 87.8. The fourth-order valence-electron chi connectivity index (χ4n) is 5.63. The van der Waals surface area contributed by atoms with Gasteiger partial charge in [-0.2, -0.15) is 0 Å². The van der Waals surface area contributed by atoms with E-state index in [1.165, 1.54) is 0 Å². The molecule has 18 rings (SSSR count). The number of rotatable bonds is 0. The van der Waals surface area contributed by atoms with Crippen LogP contribution in [-0.4, -0.2) is 89.7 Å². The van der Waals surface area contributed by atoms with Gasteiger partial charge in [0.25, 0.3) is 0 Å². The lowest BCUT2D eigenvalue weighted by Gasteiger charge is -1.70. The SMILES string of the molecule is c1ccncc1.c1ccncc1.c1ccncc1.c1ccncc1.c1ccncc1.c1ccncc1.c1ccncc1.c1ccncc1.c1ccncc1.c1ccncc1.c1ccncc1.c1ccncc1.c1ccncc1.c1ccncc1.c1ccncc1.c1ccncc1.c1ccncc1.c1ccncc1. The van der Waals surface area contributed by atoms with E-state index in [4.69, 9.17) is 0 Å². The fourth-order valence-corrected chi connectivity index (χ4v) is 5.63. The molecule has 18 heteroatoms. The average Bonchev–Trinajstić information content (AvgIpc) is 3.83. The van der Waals surface area contributed by atoms with Gasteiger partial charge < -0.3 is 0 Å². The average molecular weight is 1420 g/mol. The van der Waals surface area contributed by atoms with E-state index in [0.717, 1.165) is 0 Å². The van der Waals surface area contributed by atoms with Crippen LogP contribution in [0.5, 0.6) is 0 Å². The molecule has 0 aliphatic rings. The molecule has 18 aromatic rings. The zero-order valence-electron chi connectivity index (χ0n) is 60.0. The third-order valence-corrected chi connectivity index (χ3v) is 10.2. The minimum absolute atomic E-state index is 1.75. The Morgan fingerprint density at radius 2 is 0.0833 bits per heavy atom. The Bertz CT molecular complexity index is 2550. The molecule has 0 atom stereocenters. The Morgan fingerprint density at radius 3 is 0.0926 bits per heavy atom. The van der Waals surface area contributed by atoms with Crippen LogP contribution < -0.4 is 0 Å². The van der Waals surface area contributed by atoms with Gasteiger partial charge >= 0.3 is 0 Å². The van der Waals surface area contributed by atoms with Gasteiger partial charge in [0.1, 0.15) is 0 Å². The van der Waals surface area contributed by atoms with Crippen LogP contribution >= 0.6 is 0 Å². The Kier molecular flexibility index (Phi) is 73.7. The van der Waals surface area contributed by atoms with E-state index in [9.17, 15) is 0 Å². The monoisotopic (exact) mass is 1420 g/mol. The molecule has 0 bridgehead atoms. The summed E-state index contributed by atoms with van der Waals surface area (Å²) < 4.78 is 0. The topological polar surface area (TPSA) is 232 Å². The summed E-state index contributed by atoms with van der Waals surface area (Å²) >= 11 is 0. The minimum atomic E-state index is 1.75. The van der Waals surface area contributed by atoms with E-state index in [-0.39, 0.29) is 0 Å². The zero-order valence-corrected chi connectivity index (χ0v) is 60.0. The molecule has 18 nitrogen and oxygen atoms in total. The highest BCUT2D eigenvalue weighted by atomic mass is 14.7. The van der Waals surface area contributed by atoms with Gasteiger partial charge in [-0.05, 0) is 218 Å². The third kappa shape index (κ3) is 84.9. The largest absolute Gasteiger partial charge is 0.265 e. The lowest BCUT2D eigenvalue weighted by atomic mass is 10.5. The van der Waals surface area contributed by atoms with Crippen molar-refractivity contribution in [3.63, 3.8) is 0 Å². The van der Waals surface area contributed by atoms with Crippen molar-refractivity contribution in [2.24, 2.45) is 0 Å². The third-order valence-electron chi connectivity index (χ3n) is 10.2. The van der Waals surface area contributed by atoms with Crippen molar-refractivity contribution in [2.75, 3.05) is 0 Å². The lowest BCUT2D eigenvalue weighted by molar-refractivity contribution is 1.33. The molecule has 18 heterocycles. The lowest BCUT2D eigenvalue weighted by Crippen LogP contribution is -1.58. The Balaban J connectivity index is 0.000000572. The number of hydrogen-bond acceptors (Lipinski definition) is 18. The molecule has 0 aliphatic carbocycles. The molecule has 0 spiro atoms. The summed E-state index contributed by atoms with van der Waals surface area (Å²) in [5, 5.41) is 0. The molecule has 0 saturated heterocycles. The Morgan fingerprint density at radius 1 is 0.0463 bits per heavy atom. The van der Waals surface area contributed by atoms with Crippen LogP contribution in [0.25, 0.3) is 0 Å². The molecule has 0 aliphatic heterocycles. The first-order valence-corrected chi connectivity index (χ1v) is 33.3. The van der Waals surface area contributed by atoms with Crippen LogP contribution in [0.1, 0.15) is 0 Å². The van der Waals surface area contributed by atoms with E-state index in [1.54, 1.807) is 223 Å². The van der Waals surface area contributed by atoms with Crippen molar-refractivity contribution in [1.29, 1.82) is 0 Å². The van der Waals surface area contributed by atoms with Crippen molar-refractivity contribution in [2.45, 2.75) is 0 Å². The molecule has 0 radical (unpaired) electrons. The van der Waals surface area contributed by atoms with Gasteiger partial charge in [0, 0.05) is 223 Å². The second-order valence-electron chi connectivity index (χ2n) is 18.4. The highest BCUT2D eigenvalue weighted by Gasteiger charge is 1.68. The number of pyridine rings is 18. The van der Waals surface area contributed by atoms with E-state index < -0.39 is 0 Å². The summed E-state index contributed by atoms with van der Waals surface area (Å²) in [5.74, 6) is 0. The summed E-state index contributed by atoms with van der Waals surface area (Å²) in [7, 11) is 0. The summed E-state index contributed by atoms with van der Waals surface area (Å²) in [5.41, 5.74) is 0. The van der Waals surface area contributed by atoms with Crippen LogP contribution in [-0.2, 0) is 0 Å². The van der Waals surface area contributed by atoms with Crippen LogP contribution in [0.4, 0.5) is 0 Å². The Labute approximate surface area is 636 Å². The maximum Gasteiger partial charge on any atom is 0.0267 e. The second-order valence-corrected chi connectivity index (χ2v) is 18.4. The van der Waals surface area contributed by atoms with Gasteiger partial charge in [-0.1, -0.05) is 109 Å². The maximum atomic E-state index is 3.78. The molecule has 0 amide bonds. The van der Waals surface area contributed by atoms with Gasteiger partial charge in [-0.15, -0.1) is 0 Å². The predicted molar refractivity (Wildman–Crippen MR) is 436 cm³/mol. The molecular formula is C90H90N18. The molecule has 0 fully saturated rings. The first-order chi connectivity index (χ1) is 54.0. The van der Waals surface area contributed by atoms with Gasteiger partial charge in [-0.25, -0.2) is 0 Å². The Hall–Kier alpha value is -15.3. The summed E-state index contributed by atoms with van der Waals surface area (Å²) in [6.45, 7) is 0. The molecule has 108 heavy (non-hydrogen) atoms. The normalized spacial score (nSPS) is 8.00. The molecule has 540 valence electrons. The van der Waals surface area contributed by atoms with Crippen LogP contribution in [0, 0.1) is 0 Å². The van der Waals surface area contributed by atoms with E-state index in [0.29, 0.717) is 0 Å². The predicted octanol–water partition coefficient (Wildman–Crippen LogP) is 19.5. The molecule has 0 saturated carbocycles. The maximum absolute atomic E-state index is 3.78. The fraction of sp³-hybridized carbons (Fsp3) is 0. The zero-order chi connectivity index (χ0) is 76.4. The smallest absolute Gasteiger partial charge is 0.0267 e. The van der Waals surface area contributed by atoms with E-state index in [1.807, 2.05) is 328 Å². The van der Waals surface area contributed by atoms with Crippen LogP contribution in [0.2, 0.25) is 0 Å². The number of aromatic nitrogens is 18. The number of nitrogens with zero attached hydrogens (tertiary/aromatic N) is 18. The van der Waals surface area contributed by atoms with Crippen molar-refractivity contribution < 1.29 is 0 Å².